The molecule has 2 fully saturated rings. The molecule has 2 aliphatic heterocycles. The summed E-state index contributed by atoms with van der Waals surface area (Å²) in [5.41, 5.74) is 0. The van der Waals surface area contributed by atoms with Crippen molar-refractivity contribution in [2.75, 3.05) is 6.54 Å². The number of nitrogens with one attached hydrogen (secondary N) is 1. The zero-order valence-electron chi connectivity index (χ0n) is 13.8. The second-order valence-electron chi connectivity index (χ2n) is 6.93. The van der Waals surface area contributed by atoms with Gasteiger partial charge in [0.1, 0.15) is 0 Å². The highest BCUT2D eigenvalue weighted by Crippen LogP contribution is 2.41. The summed E-state index contributed by atoms with van der Waals surface area (Å²) in [4.78, 5) is 5.87. The number of rotatable bonds is 5. The zero-order valence-corrected chi connectivity index (χ0v) is 14.6. The van der Waals surface area contributed by atoms with Crippen molar-refractivity contribution in [3.8, 4) is 0 Å². The Morgan fingerprint density at radius 3 is 2.57 bits per heavy atom. The Bertz CT molecular complexity index is 442. The van der Waals surface area contributed by atoms with Gasteiger partial charge in [-0.2, -0.15) is 0 Å². The van der Waals surface area contributed by atoms with Crippen molar-refractivity contribution < 1.29 is 0 Å². The van der Waals surface area contributed by atoms with Crippen molar-refractivity contribution in [2.24, 2.45) is 0 Å². The summed E-state index contributed by atoms with van der Waals surface area (Å²) >= 11 is 1.99. The SMILES string of the molecule is CCCNC1CC2CCCC(C1)N2C(C)c1ccc(C)s1. The monoisotopic (exact) mass is 306 g/mol. The van der Waals surface area contributed by atoms with Crippen molar-refractivity contribution in [2.45, 2.75) is 83.5 Å². The van der Waals surface area contributed by atoms with E-state index in [-0.39, 0.29) is 0 Å². The highest BCUT2D eigenvalue weighted by atomic mass is 32.1. The van der Waals surface area contributed by atoms with E-state index in [0.29, 0.717) is 6.04 Å². The highest BCUT2D eigenvalue weighted by molar-refractivity contribution is 7.12. The smallest absolute Gasteiger partial charge is 0.0419 e. The molecule has 1 N–H and O–H groups in total. The molecule has 3 unspecified atom stereocenters. The van der Waals surface area contributed by atoms with E-state index in [1.165, 1.54) is 49.9 Å². The van der Waals surface area contributed by atoms with E-state index in [2.05, 4.69) is 43.1 Å². The molecule has 2 saturated heterocycles. The van der Waals surface area contributed by atoms with Crippen LogP contribution in [0, 0.1) is 6.92 Å². The lowest BCUT2D eigenvalue weighted by atomic mass is 9.80. The minimum Gasteiger partial charge on any atom is -0.314 e. The van der Waals surface area contributed by atoms with Gasteiger partial charge in [-0.15, -0.1) is 11.3 Å². The van der Waals surface area contributed by atoms with E-state index in [1.54, 1.807) is 4.88 Å². The summed E-state index contributed by atoms with van der Waals surface area (Å²) in [6.07, 6.45) is 8.18. The molecule has 3 atom stereocenters. The van der Waals surface area contributed by atoms with Crippen LogP contribution >= 0.6 is 11.3 Å². The number of nitrogens with zero attached hydrogens (tertiary/aromatic N) is 1. The predicted molar refractivity (Wildman–Crippen MR) is 92.1 cm³/mol. The van der Waals surface area contributed by atoms with Gasteiger partial charge < -0.3 is 5.32 Å². The topological polar surface area (TPSA) is 15.3 Å². The van der Waals surface area contributed by atoms with E-state index in [1.807, 2.05) is 11.3 Å². The maximum atomic E-state index is 3.78. The van der Waals surface area contributed by atoms with Crippen LogP contribution in [0.4, 0.5) is 0 Å². The third-order valence-corrected chi connectivity index (χ3v) is 6.51. The second kappa shape index (κ2) is 6.80. The lowest BCUT2D eigenvalue weighted by Gasteiger charge is -2.51. The van der Waals surface area contributed by atoms with Gasteiger partial charge >= 0.3 is 0 Å². The largest absolute Gasteiger partial charge is 0.314 e. The van der Waals surface area contributed by atoms with Crippen LogP contribution in [0.2, 0.25) is 0 Å². The number of hydrogen-bond donors (Lipinski definition) is 1. The third kappa shape index (κ3) is 3.35. The second-order valence-corrected chi connectivity index (χ2v) is 8.25. The van der Waals surface area contributed by atoms with Crippen molar-refractivity contribution in [3.63, 3.8) is 0 Å². The van der Waals surface area contributed by atoms with Crippen LogP contribution in [0.5, 0.6) is 0 Å². The van der Waals surface area contributed by atoms with Crippen LogP contribution in [0.15, 0.2) is 12.1 Å². The summed E-state index contributed by atoms with van der Waals surface area (Å²) in [5, 5.41) is 3.78. The first-order valence-electron chi connectivity index (χ1n) is 8.76. The minimum atomic E-state index is 0.603. The van der Waals surface area contributed by atoms with Crippen molar-refractivity contribution >= 4 is 11.3 Å². The molecule has 118 valence electrons. The van der Waals surface area contributed by atoms with Crippen LogP contribution in [0.1, 0.15) is 68.2 Å². The molecule has 2 aliphatic rings. The quantitative estimate of drug-likeness (QED) is 0.861. The molecule has 2 bridgehead atoms. The Labute approximate surface area is 133 Å². The van der Waals surface area contributed by atoms with Gasteiger partial charge in [0.25, 0.3) is 0 Å². The van der Waals surface area contributed by atoms with Crippen LogP contribution in [0.25, 0.3) is 0 Å². The Kier molecular flexibility index (Phi) is 5.03. The van der Waals surface area contributed by atoms with Gasteiger partial charge in [0.05, 0.1) is 0 Å². The van der Waals surface area contributed by atoms with E-state index >= 15 is 0 Å². The molecule has 0 radical (unpaired) electrons. The summed E-state index contributed by atoms with van der Waals surface area (Å²) in [5.74, 6) is 0. The first kappa shape index (κ1) is 15.5. The van der Waals surface area contributed by atoms with Crippen LogP contribution < -0.4 is 5.32 Å². The van der Waals surface area contributed by atoms with Crippen molar-refractivity contribution in [1.29, 1.82) is 0 Å². The van der Waals surface area contributed by atoms with E-state index < -0.39 is 0 Å². The number of piperidine rings is 2. The first-order chi connectivity index (χ1) is 10.2. The van der Waals surface area contributed by atoms with E-state index in [9.17, 15) is 0 Å². The maximum absolute atomic E-state index is 3.78. The lowest BCUT2D eigenvalue weighted by Crippen LogP contribution is -2.56. The van der Waals surface area contributed by atoms with Gasteiger partial charge in [-0.3, -0.25) is 4.90 Å². The average Bonchev–Trinajstić information content (AvgIpc) is 2.90. The molecule has 0 spiro atoms. The summed E-state index contributed by atoms with van der Waals surface area (Å²) in [6, 6.07) is 7.58. The molecule has 0 aromatic carbocycles. The molecular weight excluding hydrogens is 276 g/mol. The van der Waals surface area contributed by atoms with Crippen LogP contribution in [0.3, 0.4) is 0 Å². The fraction of sp³-hybridized carbons (Fsp3) is 0.778. The minimum absolute atomic E-state index is 0.603. The molecule has 2 nitrogen and oxygen atoms in total. The molecule has 1 aromatic heterocycles. The van der Waals surface area contributed by atoms with Gasteiger partial charge in [0.15, 0.2) is 0 Å². The average molecular weight is 307 g/mol. The van der Waals surface area contributed by atoms with Gasteiger partial charge in [-0.1, -0.05) is 13.3 Å². The molecule has 3 heterocycles. The number of hydrogen-bond acceptors (Lipinski definition) is 3. The molecule has 0 aliphatic carbocycles. The highest BCUT2D eigenvalue weighted by Gasteiger charge is 2.40. The molecule has 0 amide bonds. The Morgan fingerprint density at radius 2 is 2.00 bits per heavy atom. The van der Waals surface area contributed by atoms with Gasteiger partial charge in [-0.25, -0.2) is 0 Å². The lowest BCUT2D eigenvalue weighted by molar-refractivity contribution is -0.00518. The Hall–Kier alpha value is -0.380. The summed E-state index contributed by atoms with van der Waals surface area (Å²) in [6.45, 7) is 8.10. The van der Waals surface area contributed by atoms with Crippen LogP contribution in [-0.4, -0.2) is 29.6 Å². The van der Waals surface area contributed by atoms with E-state index in [0.717, 1.165) is 18.1 Å². The third-order valence-electron chi connectivity index (χ3n) is 5.33. The number of thiophene rings is 1. The number of aryl methyl sites for hydroxylation is 1. The zero-order chi connectivity index (χ0) is 14.8. The van der Waals surface area contributed by atoms with Gasteiger partial charge in [-0.05, 0) is 64.6 Å². The molecule has 0 saturated carbocycles. The van der Waals surface area contributed by atoms with E-state index in [4.69, 9.17) is 0 Å². The van der Waals surface area contributed by atoms with Crippen molar-refractivity contribution in [1.82, 2.24) is 10.2 Å². The fourth-order valence-corrected chi connectivity index (χ4v) is 5.33. The predicted octanol–water partition coefficient (Wildman–Crippen LogP) is 4.50. The Morgan fingerprint density at radius 1 is 1.29 bits per heavy atom. The number of fused-ring (bicyclic) bond motifs is 2. The summed E-state index contributed by atoms with van der Waals surface area (Å²) in [7, 11) is 0. The molecule has 3 rings (SSSR count). The normalized spacial score (nSPS) is 31.3. The van der Waals surface area contributed by atoms with Gasteiger partial charge in [0.2, 0.25) is 0 Å². The molecular formula is C18H30N2S. The molecule has 1 aromatic rings. The van der Waals surface area contributed by atoms with Gasteiger partial charge in [0, 0.05) is 33.9 Å². The van der Waals surface area contributed by atoms with Crippen molar-refractivity contribution in [3.05, 3.63) is 21.9 Å². The standard InChI is InChI=1S/C18H30N2S/c1-4-10-19-15-11-16-6-5-7-17(12-15)20(16)14(3)18-9-8-13(2)21-18/h8-9,14-17,19H,4-7,10-12H2,1-3H3. The Balaban J connectivity index is 1.71. The fourth-order valence-electron chi connectivity index (χ4n) is 4.39. The summed E-state index contributed by atoms with van der Waals surface area (Å²) < 4.78 is 0. The maximum Gasteiger partial charge on any atom is 0.0419 e. The molecule has 3 heteroatoms. The molecule has 21 heavy (non-hydrogen) atoms. The van der Waals surface area contributed by atoms with Crippen LogP contribution in [-0.2, 0) is 0 Å². The first-order valence-corrected chi connectivity index (χ1v) is 9.57.